The number of methoxy groups -OCH3 is 1. The summed E-state index contributed by atoms with van der Waals surface area (Å²) < 4.78 is 5.12. The predicted octanol–water partition coefficient (Wildman–Crippen LogP) is 2.39. The van der Waals surface area contributed by atoms with Crippen LogP contribution in [0.5, 0.6) is 0 Å². The predicted molar refractivity (Wildman–Crippen MR) is 88.3 cm³/mol. The average molecular weight is 323 g/mol. The fourth-order valence-corrected chi connectivity index (χ4v) is 4.45. The number of amides is 1. The van der Waals surface area contributed by atoms with Crippen molar-refractivity contribution < 1.29 is 9.53 Å². The highest BCUT2D eigenvalue weighted by molar-refractivity contribution is 7.13. The number of rotatable bonds is 5. The molecule has 1 atom stereocenters. The highest BCUT2D eigenvalue weighted by Crippen LogP contribution is 2.40. The molecule has 0 radical (unpaired) electrons. The molecule has 0 bridgehead atoms. The topological polar surface area (TPSA) is 45.7 Å². The van der Waals surface area contributed by atoms with Crippen molar-refractivity contribution in [3.05, 3.63) is 11.6 Å². The van der Waals surface area contributed by atoms with Crippen molar-refractivity contribution in [3.8, 4) is 0 Å². The zero-order chi connectivity index (χ0) is 15.4. The van der Waals surface area contributed by atoms with Gasteiger partial charge in [0.15, 0.2) is 5.13 Å². The van der Waals surface area contributed by atoms with Crippen LogP contribution in [0.15, 0.2) is 11.6 Å². The summed E-state index contributed by atoms with van der Waals surface area (Å²) >= 11 is 1.71. The molecular formula is C16H25N3O2S. The van der Waals surface area contributed by atoms with Gasteiger partial charge in [-0.15, -0.1) is 11.3 Å². The van der Waals surface area contributed by atoms with E-state index in [-0.39, 0.29) is 5.41 Å². The van der Waals surface area contributed by atoms with Gasteiger partial charge in [-0.05, 0) is 25.7 Å². The van der Waals surface area contributed by atoms with E-state index in [4.69, 9.17) is 4.74 Å². The van der Waals surface area contributed by atoms with Crippen molar-refractivity contribution >= 4 is 22.4 Å². The van der Waals surface area contributed by atoms with Gasteiger partial charge in [0.05, 0.1) is 0 Å². The van der Waals surface area contributed by atoms with E-state index in [1.54, 1.807) is 18.4 Å². The van der Waals surface area contributed by atoms with Crippen molar-refractivity contribution in [3.63, 3.8) is 0 Å². The van der Waals surface area contributed by atoms with Crippen LogP contribution in [0.25, 0.3) is 0 Å². The van der Waals surface area contributed by atoms with Gasteiger partial charge in [0.2, 0.25) is 5.91 Å². The number of carbonyl (C=O) groups is 1. The zero-order valence-electron chi connectivity index (χ0n) is 13.3. The summed E-state index contributed by atoms with van der Waals surface area (Å²) in [7, 11) is 1.71. The molecular weight excluding hydrogens is 298 g/mol. The van der Waals surface area contributed by atoms with Gasteiger partial charge in [-0.1, -0.05) is 0 Å². The smallest absolute Gasteiger partial charge is 0.222 e. The van der Waals surface area contributed by atoms with Crippen molar-refractivity contribution in [2.24, 2.45) is 5.41 Å². The van der Waals surface area contributed by atoms with Crippen LogP contribution in [0.4, 0.5) is 5.13 Å². The largest absolute Gasteiger partial charge is 0.385 e. The van der Waals surface area contributed by atoms with Crippen molar-refractivity contribution in [2.45, 2.75) is 32.1 Å². The highest BCUT2D eigenvalue weighted by Gasteiger charge is 2.41. The number of aromatic nitrogens is 1. The Morgan fingerprint density at radius 1 is 1.41 bits per heavy atom. The molecule has 1 aromatic heterocycles. The zero-order valence-corrected chi connectivity index (χ0v) is 14.1. The molecule has 0 saturated carbocycles. The van der Waals surface area contributed by atoms with Gasteiger partial charge in [-0.2, -0.15) is 0 Å². The molecule has 3 rings (SSSR count). The van der Waals surface area contributed by atoms with Crippen LogP contribution in [0.1, 0.15) is 32.1 Å². The van der Waals surface area contributed by atoms with Crippen LogP contribution in [-0.4, -0.2) is 55.7 Å². The van der Waals surface area contributed by atoms with Crippen molar-refractivity contribution in [2.75, 3.05) is 44.8 Å². The van der Waals surface area contributed by atoms with E-state index in [0.29, 0.717) is 12.3 Å². The molecule has 5 nitrogen and oxygen atoms in total. The lowest BCUT2D eigenvalue weighted by Crippen LogP contribution is -2.54. The molecule has 0 N–H and O–H groups in total. The van der Waals surface area contributed by atoms with Gasteiger partial charge < -0.3 is 14.5 Å². The minimum absolute atomic E-state index is 0.255. The molecule has 1 spiro atoms. The lowest BCUT2D eigenvalue weighted by Gasteiger charge is -2.48. The van der Waals surface area contributed by atoms with Gasteiger partial charge in [-0.3, -0.25) is 4.79 Å². The normalized spacial score (nSPS) is 26.0. The van der Waals surface area contributed by atoms with Crippen LogP contribution in [0, 0.1) is 5.41 Å². The second-order valence-corrected chi connectivity index (χ2v) is 7.37. The van der Waals surface area contributed by atoms with Gasteiger partial charge in [-0.25, -0.2) is 4.98 Å². The minimum atomic E-state index is 0.255. The number of thiazole rings is 1. The van der Waals surface area contributed by atoms with E-state index in [1.165, 1.54) is 12.8 Å². The van der Waals surface area contributed by atoms with E-state index in [1.807, 2.05) is 11.6 Å². The summed E-state index contributed by atoms with van der Waals surface area (Å²) in [5.74, 6) is 0.313. The highest BCUT2D eigenvalue weighted by atomic mass is 32.1. The number of piperidine rings is 2. The molecule has 22 heavy (non-hydrogen) atoms. The third-order valence-corrected chi connectivity index (χ3v) is 5.71. The van der Waals surface area contributed by atoms with Crippen LogP contribution in [0.2, 0.25) is 0 Å². The second-order valence-electron chi connectivity index (χ2n) is 6.50. The van der Waals surface area contributed by atoms with Crippen molar-refractivity contribution in [1.82, 2.24) is 9.88 Å². The molecule has 2 fully saturated rings. The molecule has 122 valence electrons. The number of anilines is 1. The fourth-order valence-electron chi connectivity index (χ4n) is 3.78. The molecule has 2 aliphatic heterocycles. The molecule has 2 saturated heterocycles. The van der Waals surface area contributed by atoms with E-state index in [9.17, 15) is 4.79 Å². The first-order valence-corrected chi connectivity index (χ1v) is 9.02. The summed E-state index contributed by atoms with van der Waals surface area (Å²) in [5.41, 5.74) is 0.255. The summed E-state index contributed by atoms with van der Waals surface area (Å²) in [6.07, 6.45) is 6.94. The van der Waals surface area contributed by atoms with Gasteiger partial charge in [0.1, 0.15) is 0 Å². The summed E-state index contributed by atoms with van der Waals surface area (Å²) in [4.78, 5) is 21.1. The maximum Gasteiger partial charge on any atom is 0.222 e. The summed E-state index contributed by atoms with van der Waals surface area (Å²) in [6, 6.07) is 0. The number of ether oxygens (including phenoxy) is 1. The Morgan fingerprint density at radius 3 is 3.09 bits per heavy atom. The molecule has 2 aliphatic rings. The van der Waals surface area contributed by atoms with Gasteiger partial charge in [0.25, 0.3) is 0 Å². The Hall–Kier alpha value is -1.14. The lowest BCUT2D eigenvalue weighted by atomic mass is 9.73. The molecule has 1 unspecified atom stereocenters. The number of hydrogen-bond acceptors (Lipinski definition) is 5. The summed E-state index contributed by atoms with van der Waals surface area (Å²) in [5, 5.41) is 3.17. The molecule has 6 heteroatoms. The van der Waals surface area contributed by atoms with E-state index in [0.717, 1.165) is 50.8 Å². The second kappa shape index (κ2) is 6.96. The Kier molecular flexibility index (Phi) is 4.98. The average Bonchev–Trinajstić information content (AvgIpc) is 3.06. The lowest BCUT2D eigenvalue weighted by molar-refractivity contribution is -0.138. The van der Waals surface area contributed by atoms with Gasteiger partial charge in [0, 0.05) is 63.3 Å². The third kappa shape index (κ3) is 3.43. The Morgan fingerprint density at radius 2 is 2.32 bits per heavy atom. The van der Waals surface area contributed by atoms with E-state index >= 15 is 0 Å². The quantitative estimate of drug-likeness (QED) is 0.781. The Balaban J connectivity index is 1.65. The standard InChI is InChI=1S/C16H25N3O2S/c1-21-10-3-9-18-12-16(6-4-14(18)20)5-2-8-19(13-16)15-17-7-11-22-15/h7,11H,2-6,8-10,12-13H2,1H3. The maximum atomic E-state index is 12.2. The number of carbonyl (C=O) groups excluding carboxylic acids is 1. The maximum absolute atomic E-state index is 12.2. The van der Waals surface area contributed by atoms with Crippen LogP contribution in [-0.2, 0) is 9.53 Å². The number of hydrogen-bond donors (Lipinski definition) is 0. The van der Waals surface area contributed by atoms with E-state index < -0.39 is 0 Å². The number of nitrogens with zero attached hydrogens (tertiary/aromatic N) is 3. The van der Waals surface area contributed by atoms with Crippen LogP contribution >= 0.6 is 11.3 Å². The van der Waals surface area contributed by atoms with Crippen molar-refractivity contribution in [1.29, 1.82) is 0 Å². The summed E-state index contributed by atoms with van der Waals surface area (Å²) in [6.45, 7) is 4.58. The fraction of sp³-hybridized carbons (Fsp3) is 0.750. The van der Waals surface area contributed by atoms with E-state index in [2.05, 4.69) is 14.8 Å². The Bertz CT molecular complexity index is 494. The molecule has 1 amide bonds. The Labute approximate surface area is 136 Å². The molecule has 3 heterocycles. The first-order valence-electron chi connectivity index (χ1n) is 8.14. The molecule has 1 aromatic rings. The molecule has 0 aromatic carbocycles. The van der Waals surface area contributed by atoms with Crippen LogP contribution in [0.3, 0.4) is 0 Å². The first kappa shape index (κ1) is 15.7. The first-order chi connectivity index (χ1) is 10.7. The van der Waals surface area contributed by atoms with Crippen LogP contribution < -0.4 is 4.90 Å². The van der Waals surface area contributed by atoms with Gasteiger partial charge >= 0.3 is 0 Å². The minimum Gasteiger partial charge on any atom is -0.385 e. The molecule has 0 aliphatic carbocycles. The number of likely N-dealkylation sites (tertiary alicyclic amines) is 1. The monoisotopic (exact) mass is 323 g/mol. The SMILES string of the molecule is COCCCN1CC2(CCCN(c3nccs3)C2)CCC1=O. The third-order valence-electron chi connectivity index (χ3n) is 4.88.